The molecule has 1 aromatic heterocycles. The van der Waals surface area contributed by atoms with Crippen LogP contribution >= 0.6 is 11.3 Å². The van der Waals surface area contributed by atoms with Crippen LogP contribution in [0.15, 0.2) is 29.6 Å². The number of benzene rings is 1. The minimum Gasteiger partial charge on any atom is -0.481 e. The molecule has 1 N–H and O–H groups in total. The van der Waals surface area contributed by atoms with Crippen molar-refractivity contribution in [3.05, 3.63) is 40.9 Å². The highest BCUT2D eigenvalue weighted by atomic mass is 32.1. The van der Waals surface area contributed by atoms with Crippen molar-refractivity contribution in [3.8, 4) is 10.6 Å². The number of nitrogens with zero attached hydrogens (tertiary/aromatic N) is 2. The molecule has 0 aliphatic carbocycles. The summed E-state index contributed by atoms with van der Waals surface area (Å²) in [4.78, 5) is 17.6. The van der Waals surface area contributed by atoms with Crippen LogP contribution in [0.1, 0.15) is 25.1 Å². The Morgan fingerprint density at radius 1 is 1.29 bits per heavy atom. The molecule has 24 heavy (non-hydrogen) atoms. The number of aliphatic carboxylic acids is 1. The van der Waals surface area contributed by atoms with Crippen molar-refractivity contribution in [2.45, 2.75) is 39.0 Å². The lowest BCUT2D eigenvalue weighted by Gasteiger charge is -2.35. The molecule has 2 aromatic rings. The van der Waals surface area contributed by atoms with E-state index >= 15 is 0 Å². The first-order chi connectivity index (χ1) is 11.5. The van der Waals surface area contributed by atoms with Gasteiger partial charge in [0.15, 0.2) is 0 Å². The van der Waals surface area contributed by atoms with Crippen LogP contribution in [0.2, 0.25) is 0 Å². The van der Waals surface area contributed by atoms with Gasteiger partial charge in [-0.1, -0.05) is 24.3 Å². The van der Waals surface area contributed by atoms with Gasteiger partial charge < -0.3 is 9.84 Å². The number of aromatic nitrogens is 1. The van der Waals surface area contributed by atoms with E-state index in [1.54, 1.807) is 0 Å². The van der Waals surface area contributed by atoms with Crippen LogP contribution in [0.4, 0.5) is 0 Å². The van der Waals surface area contributed by atoms with E-state index in [2.05, 4.69) is 48.0 Å². The molecule has 0 bridgehead atoms. The predicted molar refractivity (Wildman–Crippen MR) is 94.2 cm³/mol. The van der Waals surface area contributed by atoms with E-state index in [4.69, 9.17) is 9.84 Å². The molecule has 0 amide bonds. The van der Waals surface area contributed by atoms with Crippen LogP contribution in [0.3, 0.4) is 0 Å². The number of rotatable bonds is 5. The molecule has 1 saturated heterocycles. The molecule has 1 aliphatic heterocycles. The van der Waals surface area contributed by atoms with Gasteiger partial charge in [0.2, 0.25) is 0 Å². The van der Waals surface area contributed by atoms with E-state index in [1.165, 1.54) is 16.9 Å². The second kappa shape index (κ2) is 7.42. The van der Waals surface area contributed by atoms with E-state index in [1.807, 2.05) is 5.38 Å². The number of carbonyl (C=O) groups is 1. The van der Waals surface area contributed by atoms with Crippen LogP contribution < -0.4 is 0 Å². The zero-order chi connectivity index (χ0) is 17.1. The van der Waals surface area contributed by atoms with Crippen molar-refractivity contribution >= 4 is 17.3 Å². The van der Waals surface area contributed by atoms with Gasteiger partial charge in [0.25, 0.3) is 0 Å². The molecule has 0 saturated carbocycles. The van der Waals surface area contributed by atoms with Crippen molar-refractivity contribution in [2.24, 2.45) is 0 Å². The Kier molecular flexibility index (Phi) is 5.28. The zero-order valence-corrected chi connectivity index (χ0v) is 14.8. The fourth-order valence-electron chi connectivity index (χ4n) is 3.10. The monoisotopic (exact) mass is 346 g/mol. The van der Waals surface area contributed by atoms with Gasteiger partial charge in [0.05, 0.1) is 24.3 Å². The van der Waals surface area contributed by atoms with Crippen molar-refractivity contribution < 1.29 is 14.6 Å². The van der Waals surface area contributed by atoms with E-state index in [0.717, 1.165) is 30.2 Å². The predicted octanol–water partition coefficient (Wildman–Crippen LogP) is 3.05. The summed E-state index contributed by atoms with van der Waals surface area (Å²) in [5.74, 6) is -0.851. The summed E-state index contributed by atoms with van der Waals surface area (Å²) < 4.78 is 5.77. The Morgan fingerprint density at radius 2 is 1.96 bits per heavy atom. The fraction of sp³-hybridized carbons (Fsp3) is 0.444. The van der Waals surface area contributed by atoms with Gasteiger partial charge in [-0.2, -0.15) is 0 Å². The lowest BCUT2D eigenvalue weighted by molar-refractivity contribution is -0.136. The van der Waals surface area contributed by atoms with Crippen LogP contribution in [0.5, 0.6) is 0 Å². The summed E-state index contributed by atoms with van der Waals surface area (Å²) in [6, 6.07) is 8.37. The van der Waals surface area contributed by atoms with Gasteiger partial charge in [-0.25, -0.2) is 4.98 Å². The Labute approximate surface area is 145 Å². The molecule has 6 heteroatoms. The molecule has 1 aliphatic rings. The molecule has 1 fully saturated rings. The van der Waals surface area contributed by atoms with Gasteiger partial charge in [0.1, 0.15) is 5.01 Å². The summed E-state index contributed by atoms with van der Waals surface area (Å²) in [6.45, 7) is 7.06. The number of thiazole rings is 1. The molecule has 1 aromatic carbocycles. The lowest BCUT2D eigenvalue weighted by atomic mass is 10.1. The highest BCUT2D eigenvalue weighted by Crippen LogP contribution is 2.25. The van der Waals surface area contributed by atoms with Crippen molar-refractivity contribution in [1.29, 1.82) is 0 Å². The summed E-state index contributed by atoms with van der Waals surface area (Å²) in [6.07, 6.45) is 0.522. The van der Waals surface area contributed by atoms with Gasteiger partial charge in [-0.05, 0) is 19.4 Å². The first-order valence-electron chi connectivity index (χ1n) is 8.13. The van der Waals surface area contributed by atoms with Crippen LogP contribution in [-0.4, -0.2) is 46.3 Å². The third kappa shape index (κ3) is 4.41. The molecule has 128 valence electrons. The molecular weight excluding hydrogens is 324 g/mol. The van der Waals surface area contributed by atoms with E-state index < -0.39 is 5.97 Å². The topological polar surface area (TPSA) is 62.7 Å². The quantitative estimate of drug-likeness (QED) is 0.901. The molecule has 2 atom stereocenters. The SMILES string of the molecule is CC1CN(Cc2ccc(-c3nc(CC(=O)O)cs3)cc2)CC(C)O1. The maximum Gasteiger partial charge on any atom is 0.309 e. The first kappa shape index (κ1) is 17.1. The number of carboxylic acid groups (broad SMARTS) is 1. The molecule has 3 rings (SSSR count). The highest BCUT2D eigenvalue weighted by molar-refractivity contribution is 7.13. The minimum atomic E-state index is -0.851. The number of morpholine rings is 1. The summed E-state index contributed by atoms with van der Waals surface area (Å²) >= 11 is 1.49. The summed E-state index contributed by atoms with van der Waals surface area (Å²) in [7, 11) is 0. The third-order valence-electron chi connectivity index (χ3n) is 3.99. The van der Waals surface area contributed by atoms with Gasteiger partial charge >= 0.3 is 5.97 Å². The minimum absolute atomic E-state index is 0.0258. The molecule has 0 spiro atoms. The highest BCUT2D eigenvalue weighted by Gasteiger charge is 2.22. The molecule has 2 unspecified atom stereocenters. The lowest BCUT2D eigenvalue weighted by Crippen LogP contribution is -2.44. The second-order valence-corrected chi connectivity index (χ2v) is 7.22. The standard InChI is InChI=1S/C18H22N2O3S/c1-12-8-20(9-13(2)23-12)10-14-3-5-15(6-4-14)18-19-16(11-24-18)7-17(21)22/h3-6,11-13H,7-10H2,1-2H3,(H,21,22). The smallest absolute Gasteiger partial charge is 0.309 e. The van der Waals surface area contributed by atoms with Gasteiger partial charge in [0, 0.05) is 30.6 Å². The molecule has 5 nitrogen and oxygen atoms in total. The van der Waals surface area contributed by atoms with Crippen molar-refractivity contribution in [1.82, 2.24) is 9.88 Å². The van der Waals surface area contributed by atoms with Crippen molar-refractivity contribution in [3.63, 3.8) is 0 Å². The number of hydrogen-bond donors (Lipinski definition) is 1. The normalized spacial score (nSPS) is 21.8. The largest absolute Gasteiger partial charge is 0.481 e. The summed E-state index contributed by atoms with van der Waals surface area (Å²) in [5.41, 5.74) is 2.91. The number of carboxylic acids is 1. The molecular formula is C18H22N2O3S. The van der Waals surface area contributed by atoms with Crippen molar-refractivity contribution in [2.75, 3.05) is 13.1 Å². The van der Waals surface area contributed by atoms with Gasteiger partial charge in [-0.3, -0.25) is 9.69 Å². The summed E-state index contributed by atoms with van der Waals surface area (Å²) in [5, 5.41) is 11.5. The Morgan fingerprint density at radius 3 is 2.58 bits per heavy atom. The Balaban J connectivity index is 1.65. The van der Waals surface area contributed by atoms with E-state index in [-0.39, 0.29) is 18.6 Å². The average molecular weight is 346 g/mol. The Hall–Kier alpha value is -1.76. The van der Waals surface area contributed by atoms with Crippen LogP contribution in [0, 0.1) is 0 Å². The molecule has 2 heterocycles. The Bertz CT molecular complexity index is 689. The van der Waals surface area contributed by atoms with Crippen LogP contribution in [0.25, 0.3) is 10.6 Å². The maximum absolute atomic E-state index is 10.7. The van der Waals surface area contributed by atoms with Gasteiger partial charge in [-0.15, -0.1) is 11.3 Å². The average Bonchev–Trinajstić information content (AvgIpc) is 2.94. The van der Waals surface area contributed by atoms with E-state index in [9.17, 15) is 4.79 Å². The van der Waals surface area contributed by atoms with E-state index in [0.29, 0.717) is 5.69 Å². The molecule has 0 radical (unpaired) electrons. The zero-order valence-electron chi connectivity index (χ0n) is 13.9. The first-order valence-corrected chi connectivity index (χ1v) is 9.01. The third-order valence-corrected chi connectivity index (χ3v) is 4.93. The van der Waals surface area contributed by atoms with Crippen LogP contribution in [-0.2, 0) is 22.5 Å². The fourth-order valence-corrected chi connectivity index (χ4v) is 3.93. The number of hydrogen-bond acceptors (Lipinski definition) is 5. The maximum atomic E-state index is 10.7. The second-order valence-electron chi connectivity index (χ2n) is 6.36. The number of ether oxygens (including phenoxy) is 1.